The third-order valence-corrected chi connectivity index (χ3v) is 5.13. The van der Waals surface area contributed by atoms with Crippen LogP contribution in [-0.2, 0) is 9.59 Å². The number of hydrogen-bond acceptors (Lipinski definition) is 2. The molecule has 1 aliphatic carbocycles. The summed E-state index contributed by atoms with van der Waals surface area (Å²) in [5.74, 6) is 0.408. The molecule has 1 unspecified atom stereocenters. The van der Waals surface area contributed by atoms with Crippen LogP contribution in [0.2, 0.25) is 0 Å². The summed E-state index contributed by atoms with van der Waals surface area (Å²) in [6.07, 6.45) is 7.26. The molecule has 1 saturated carbocycles. The smallest absolute Gasteiger partial charge is 0.249 e. The van der Waals surface area contributed by atoms with E-state index in [-0.39, 0.29) is 11.8 Å². The molecule has 20 heavy (non-hydrogen) atoms. The van der Waals surface area contributed by atoms with Gasteiger partial charge in [-0.25, -0.2) is 0 Å². The molecule has 0 bridgehead atoms. The summed E-state index contributed by atoms with van der Waals surface area (Å²) < 4.78 is 0. The van der Waals surface area contributed by atoms with E-state index in [2.05, 4.69) is 5.32 Å². The van der Waals surface area contributed by atoms with Gasteiger partial charge in [-0.05, 0) is 45.4 Å². The predicted molar refractivity (Wildman–Crippen MR) is 79.1 cm³/mol. The van der Waals surface area contributed by atoms with Crippen LogP contribution in [0.4, 0.5) is 0 Å². The molecule has 2 rings (SSSR count). The van der Waals surface area contributed by atoms with E-state index in [9.17, 15) is 9.59 Å². The van der Waals surface area contributed by atoms with E-state index >= 15 is 0 Å². The van der Waals surface area contributed by atoms with Gasteiger partial charge in [0.2, 0.25) is 11.8 Å². The zero-order valence-electron chi connectivity index (χ0n) is 13.0. The highest BCUT2D eigenvalue weighted by molar-refractivity contribution is 6.02. The number of carbonyl (C=O) groups excluding carboxylic acids is 2. The molecule has 1 N–H and O–H groups in total. The quantitative estimate of drug-likeness (QED) is 0.784. The van der Waals surface area contributed by atoms with Crippen molar-refractivity contribution >= 4 is 11.8 Å². The summed E-state index contributed by atoms with van der Waals surface area (Å²) in [4.78, 5) is 27.5. The zero-order valence-corrected chi connectivity index (χ0v) is 13.0. The minimum absolute atomic E-state index is 0.0211. The fourth-order valence-electron chi connectivity index (χ4n) is 3.25. The summed E-state index contributed by atoms with van der Waals surface area (Å²) in [6.45, 7) is 8.33. The first-order valence-electron chi connectivity index (χ1n) is 7.72. The number of carbonyl (C=O) groups is 2. The van der Waals surface area contributed by atoms with Crippen molar-refractivity contribution in [2.24, 2.45) is 5.92 Å². The van der Waals surface area contributed by atoms with Gasteiger partial charge >= 0.3 is 0 Å². The average Bonchev–Trinajstić information content (AvgIpc) is 3.28. The van der Waals surface area contributed by atoms with Gasteiger partial charge in [0, 0.05) is 6.54 Å². The Morgan fingerprint density at radius 1 is 1.30 bits per heavy atom. The summed E-state index contributed by atoms with van der Waals surface area (Å²) in [5.41, 5.74) is -1.39. The standard InChI is InChI=1S/C16H26N2O2/c1-5-8-11-18-14(20)16(6-2,7-3)17-13(19)15(18,4)12-9-10-12/h5,8,12H,6-7,9-11H2,1-4H3,(H,17,19)/b8-5+. The minimum Gasteiger partial charge on any atom is -0.340 e. The lowest BCUT2D eigenvalue weighted by molar-refractivity contribution is -0.163. The van der Waals surface area contributed by atoms with Gasteiger partial charge in [0.05, 0.1) is 0 Å². The van der Waals surface area contributed by atoms with Gasteiger partial charge in [-0.2, -0.15) is 0 Å². The van der Waals surface area contributed by atoms with Crippen molar-refractivity contribution in [1.82, 2.24) is 10.2 Å². The topological polar surface area (TPSA) is 49.4 Å². The molecule has 0 radical (unpaired) electrons. The number of amides is 2. The molecular formula is C16H26N2O2. The van der Waals surface area contributed by atoms with Crippen LogP contribution in [0.1, 0.15) is 53.4 Å². The average molecular weight is 278 g/mol. The molecule has 2 amide bonds. The SMILES string of the molecule is C/C=C/CN1C(=O)C(CC)(CC)NC(=O)C1(C)C1CC1. The van der Waals surface area contributed by atoms with Gasteiger partial charge in [0.25, 0.3) is 0 Å². The normalized spacial score (nSPS) is 29.9. The van der Waals surface area contributed by atoms with Crippen LogP contribution < -0.4 is 5.32 Å². The van der Waals surface area contributed by atoms with E-state index in [1.54, 1.807) is 0 Å². The van der Waals surface area contributed by atoms with Gasteiger partial charge in [0.1, 0.15) is 11.1 Å². The second-order valence-corrected chi connectivity index (χ2v) is 6.15. The van der Waals surface area contributed by atoms with Crippen LogP contribution in [-0.4, -0.2) is 34.3 Å². The summed E-state index contributed by atoms with van der Waals surface area (Å²) in [7, 11) is 0. The van der Waals surface area contributed by atoms with Crippen molar-refractivity contribution < 1.29 is 9.59 Å². The fourth-order valence-corrected chi connectivity index (χ4v) is 3.25. The van der Waals surface area contributed by atoms with Gasteiger partial charge in [0.15, 0.2) is 0 Å². The molecule has 0 aromatic carbocycles. The van der Waals surface area contributed by atoms with Crippen LogP contribution in [0, 0.1) is 5.92 Å². The Labute approximate surface area is 121 Å². The minimum atomic E-state index is -0.715. The number of piperazine rings is 1. The summed E-state index contributed by atoms with van der Waals surface area (Å²) in [6, 6.07) is 0. The Balaban J connectivity index is 2.41. The first-order valence-corrected chi connectivity index (χ1v) is 7.72. The van der Waals surface area contributed by atoms with Gasteiger partial charge in [-0.15, -0.1) is 0 Å². The molecule has 1 atom stereocenters. The molecule has 2 aliphatic rings. The first kappa shape index (κ1) is 15.1. The molecule has 0 aromatic rings. The Morgan fingerprint density at radius 2 is 1.90 bits per heavy atom. The highest BCUT2D eigenvalue weighted by Crippen LogP contribution is 2.46. The van der Waals surface area contributed by atoms with E-state index < -0.39 is 11.1 Å². The maximum atomic E-state index is 13.0. The molecule has 4 nitrogen and oxygen atoms in total. The molecule has 112 valence electrons. The van der Waals surface area contributed by atoms with Crippen molar-refractivity contribution in [3.8, 4) is 0 Å². The molecule has 4 heteroatoms. The van der Waals surface area contributed by atoms with E-state index in [0.29, 0.717) is 25.3 Å². The van der Waals surface area contributed by atoms with Gasteiger partial charge in [-0.1, -0.05) is 26.0 Å². The molecule has 0 spiro atoms. The van der Waals surface area contributed by atoms with E-state index in [0.717, 1.165) is 12.8 Å². The Bertz CT molecular complexity index is 436. The van der Waals surface area contributed by atoms with Crippen molar-refractivity contribution in [3.05, 3.63) is 12.2 Å². The van der Waals surface area contributed by atoms with Crippen molar-refractivity contribution in [2.45, 2.75) is 64.5 Å². The van der Waals surface area contributed by atoms with Crippen LogP contribution in [0.3, 0.4) is 0 Å². The maximum Gasteiger partial charge on any atom is 0.249 e. The fraction of sp³-hybridized carbons (Fsp3) is 0.750. The number of nitrogens with one attached hydrogen (secondary N) is 1. The zero-order chi connectivity index (χ0) is 15.0. The van der Waals surface area contributed by atoms with E-state index in [1.807, 2.05) is 44.7 Å². The number of allylic oxidation sites excluding steroid dienone is 1. The lowest BCUT2D eigenvalue weighted by atomic mass is 9.80. The lowest BCUT2D eigenvalue weighted by Gasteiger charge is -2.51. The Kier molecular flexibility index (Phi) is 3.94. The highest BCUT2D eigenvalue weighted by atomic mass is 16.2. The monoisotopic (exact) mass is 278 g/mol. The van der Waals surface area contributed by atoms with Crippen molar-refractivity contribution in [1.29, 1.82) is 0 Å². The van der Waals surface area contributed by atoms with Gasteiger partial charge in [-0.3, -0.25) is 9.59 Å². The van der Waals surface area contributed by atoms with Crippen LogP contribution in [0.5, 0.6) is 0 Å². The molecular weight excluding hydrogens is 252 g/mol. The Hall–Kier alpha value is -1.32. The molecule has 1 saturated heterocycles. The van der Waals surface area contributed by atoms with E-state index in [1.165, 1.54) is 0 Å². The van der Waals surface area contributed by atoms with Crippen LogP contribution >= 0.6 is 0 Å². The molecule has 1 heterocycles. The first-order chi connectivity index (χ1) is 9.46. The van der Waals surface area contributed by atoms with E-state index in [4.69, 9.17) is 0 Å². The second-order valence-electron chi connectivity index (χ2n) is 6.15. The largest absolute Gasteiger partial charge is 0.340 e. The predicted octanol–water partition coefficient (Wildman–Crippen LogP) is 2.25. The summed E-state index contributed by atoms with van der Waals surface area (Å²) >= 11 is 0. The number of hydrogen-bond donors (Lipinski definition) is 1. The number of rotatable bonds is 5. The van der Waals surface area contributed by atoms with Crippen molar-refractivity contribution in [3.63, 3.8) is 0 Å². The molecule has 1 aliphatic heterocycles. The third-order valence-electron chi connectivity index (χ3n) is 5.13. The third kappa shape index (κ3) is 2.05. The second kappa shape index (κ2) is 5.23. The van der Waals surface area contributed by atoms with Crippen LogP contribution in [0.25, 0.3) is 0 Å². The molecule has 0 aromatic heterocycles. The van der Waals surface area contributed by atoms with Crippen molar-refractivity contribution in [2.75, 3.05) is 6.54 Å². The maximum absolute atomic E-state index is 13.0. The van der Waals surface area contributed by atoms with Crippen LogP contribution in [0.15, 0.2) is 12.2 Å². The highest BCUT2D eigenvalue weighted by Gasteiger charge is 2.60. The Morgan fingerprint density at radius 3 is 2.35 bits per heavy atom. The molecule has 2 fully saturated rings. The summed E-state index contributed by atoms with van der Waals surface area (Å²) in [5, 5.41) is 3.04. The number of nitrogens with zero attached hydrogens (tertiary/aromatic N) is 1. The lowest BCUT2D eigenvalue weighted by Crippen LogP contribution is -2.75. The van der Waals surface area contributed by atoms with Gasteiger partial charge < -0.3 is 10.2 Å².